The lowest BCUT2D eigenvalue weighted by Gasteiger charge is -2.16. The van der Waals surface area contributed by atoms with E-state index in [4.69, 9.17) is 10.9 Å². The van der Waals surface area contributed by atoms with Crippen LogP contribution in [0.2, 0.25) is 0 Å². The predicted molar refractivity (Wildman–Crippen MR) is 65.6 cm³/mol. The molecule has 0 spiro atoms. The molecule has 1 unspecified atom stereocenters. The van der Waals surface area contributed by atoms with Crippen molar-refractivity contribution in [3.63, 3.8) is 0 Å². The molecule has 0 heterocycles. The van der Waals surface area contributed by atoms with Crippen LogP contribution in [0.3, 0.4) is 0 Å². The number of nitrogens with two attached hydrogens (primary N) is 1. The van der Waals surface area contributed by atoms with Gasteiger partial charge in [0.05, 0.1) is 11.6 Å². The highest BCUT2D eigenvalue weighted by atomic mass is 79.9. The first-order valence-electron chi connectivity index (χ1n) is 4.85. The average molecular weight is 326 g/mol. The Morgan fingerprint density at radius 1 is 1.44 bits per heavy atom. The Bertz CT molecular complexity index is 462. The largest absolute Gasteiger partial charge is 0.416 e. The van der Waals surface area contributed by atoms with Gasteiger partial charge >= 0.3 is 6.18 Å². The van der Waals surface area contributed by atoms with Gasteiger partial charge in [0.1, 0.15) is 0 Å². The minimum atomic E-state index is -4.43. The Hall–Kier alpha value is -1.44. The van der Waals surface area contributed by atoms with Crippen LogP contribution in [-0.4, -0.2) is 17.1 Å². The predicted octanol–water partition coefficient (Wildman–Crippen LogP) is 3.01. The molecule has 4 N–H and O–H groups in total. The number of oxime groups is 1. The van der Waals surface area contributed by atoms with Crippen LogP contribution in [0.15, 0.2) is 27.8 Å². The zero-order chi connectivity index (χ0) is 13.9. The summed E-state index contributed by atoms with van der Waals surface area (Å²) in [7, 11) is 0. The van der Waals surface area contributed by atoms with Gasteiger partial charge in [0.2, 0.25) is 0 Å². The van der Waals surface area contributed by atoms with Crippen molar-refractivity contribution >= 4 is 27.5 Å². The van der Waals surface area contributed by atoms with Gasteiger partial charge in [0, 0.05) is 10.2 Å². The molecule has 0 aliphatic rings. The average Bonchev–Trinajstić information content (AvgIpc) is 2.25. The summed E-state index contributed by atoms with van der Waals surface area (Å²) in [5.74, 6) is -0.122. The van der Waals surface area contributed by atoms with E-state index in [2.05, 4.69) is 26.4 Å². The molecule has 0 fully saturated rings. The second-order valence-electron chi connectivity index (χ2n) is 3.62. The van der Waals surface area contributed by atoms with Gasteiger partial charge in [-0.05, 0) is 25.1 Å². The first kappa shape index (κ1) is 14.6. The van der Waals surface area contributed by atoms with Gasteiger partial charge in [0.25, 0.3) is 0 Å². The molecule has 4 nitrogen and oxygen atoms in total. The van der Waals surface area contributed by atoms with E-state index in [-0.39, 0.29) is 16.0 Å². The first-order valence-corrected chi connectivity index (χ1v) is 5.65. The van der Waals surface area contributed by atoms with E-state index in [0.717, 1.165) is 12.1 Å². The Balaban J connectivity index is 3.01. The Morgan fingerprint density at radius 2 is 2.06 bits per heavy atom. The number of hydrogen-bond donors (Lipinski definition) is 3. The van der Waals surface area contributed by atoms with Gasteiger partial charge in [-0.25, -0.2) is 0 Å². The Morgan fingerprint density at radius 3 is 2.56 bits per heavy atom. The third-order valence-electron chi connectivity index (χ3n) is 2.17. The van der Waals surface area contributed by atoms with Crippen molar-refractivity contribution in [2.75, 3.05) is 5.32 Å². The maximum absolute atomic E-state index is 12.6. The third-order valence-corrected chi connectivity index (χ3v) is 2.63. The molecule has 0 saturated carbocycles. The fourth-order valence-electron chi connectivity index (χ4n) is 1.25. The molecule has 18 heavy (non-hydrogen) atoms. The molecule has 100 valence electrons. The van der Waals surface area contributed by atoms with Crippen molar-refractivity contribution < 1.29 is 18.4 Å². The quantitative estimate of drug-likeness (QED) is 0.346. The number of rotatable bonds is 3. The van der Waals surface area contributed by atoms with E-state index in [1.807, 2.05) is 0 Å². The summed E-state index contributed by atoms with van der Waals surface area (Å²) in [5.41, 5.74) is 4.76. The van der Waals surface area contributed by atoms with Crippen molar-refractivity contribution in [1.82, 2.24) is 0 Å². The lowest BCUT2D eigenvalue weighted by atomic mass is 10.2. The fraction of sp³-hybridized carbons (Fsp3) is 0.300. The number of amidine groups is 1. The molecule has 0 amide bonds. The summed E-state index contributed by atoms with van der Waals surface area (Å²) >= 11 is 3.00. The van der Waals surface area contributed by atoms with Crippen LogP contribution < -0.4 is 11.1 Å². The van der Waals surface area contributed by atoms with Gasteiger partial charge in [0.15, 0.2) is 5.84 Å². The molecule has 8 heteroatoms. The lowest BCUT2D eigenvalue weighted by Crippen LogP contribution is -2.32. The van der Waals surface area contributed by atoms with E-state index in [9.17, 15) is 13.2 Å². The molecule has 1 rings (SSSR count). The Labute approximate surface area is 110 Å². The molecule has 0 aromatic heterocycles. The second-order valence-corrected chi connectivity index (χ2v) is 4.53. The number of hydrogen-bond acceptors (Lipinski definition) is 3. The van der Waals surface area contributed by atoms with Crippen LogP contribution in [-0.2, 0) is 6.18 Å². The maximum atomic E-state index is 12.6. The highest BCUT2D eigenvalue weighted by Crippen LogP contribution is 2.33. The minimum Gasteiger partial charge on any atom is -0.409 e. The number of anilines is 1. The standard InChI is InChI=1S/C10H11BrF3N3O/c1-5(9(15)17-18)16-8-3-6(10(12,13)14)2-7(11)4-8/h2-5,16,18H,1H3,(H2,15,17). The van der Waals surface area contributed by atoms with Crippen molar-refractivity contribution in [1.29, 1.82) is 0 Å². The SMILES string of the molecule is CC(Nc1cc(Br)cc(C(F)(F)F)c1)C(N)=NO. The molecule has 1 atom stereocenters. The maximum Gasteiger partial charge on any atom is 0.416 e. The number of halogens is 4. The van der Waals surface area contributed by atoms with Crippen LogP contribution in [0, 0.1) is 0 Å². The number of nitrogens with zero attached hydrogens (tertiary/aromatic N) is 1. The number of alkyl halides is 3. The summed E-state index contributed by atoms with van der Waals surface area (Å²) in [5, 5.41) is 13.9. The number of benzene rings is 1. The van der Waals surface area contributed by atoms with Crippen molar-refractivity contribution in [3.05, 3.63) is 28.2 Å². The molecule has 0 radical (unpaired) electrons. The van der Waals surface area contributed by atoms with Gasteiger partial charge in [-0.15, -0.1) is 0 Å². The lowest BCUT2D eigenvalue weighted by molar-refractivity contribution is -0.137. The summed E-state index contributed by atoms with van der Waals surface area (Å²) in [4.78, 5) is 0. The van der Waals surface area contributed by atoms with Crippen molar-refractivity contribution in [2.24, 2.45) is 10.9 Å². The molecular formula is C10H11BrF3N3O. The van der Waals surface area contributed by atoms with Gasteiger partial charge in [-0.2, -0.15) is 13.2 Å². The highest BCUT2D eigenvalue weighted by Gasteiger charge is 2.31. The third kappa shape index (κ3) is 3.80. The minimum absolute atomic E-state index is 0.122. The van der Waals surface area contributed by atoms with E-state index in [0.29, 0.717) is 0 Å². The summed E-state index contributed by atoms with van der Waals surface area (Å²) < 4.78 is 38.0. The van der Waals surface area contributed by atoms with Gasteiger partial charge in [-0.3, -0.25) is 0 Å². The first-order chi connectivity index (χ1) is 8.24. The summed E-state index contributed by atoms with van der Waals surface area (Å²) in [6, 6.07) is 2.80. The monoisotopic (exact) mass is 325 g/mol. The molecule has 0 bridgehead atoms. The molecule has 0 aliphatic heterocycles. The summed E-state index contributed by atoms with van der Waals surface area (Å²) in [6.45, 7) is 1.56. The summed E-state index contributed by atoms with van der Waals surface area (Å²) in [6.07, 6.45) is -4.43. The van der Waals surface area contributed by atoms with Crippen LogP contribution >= 0.6 is 15.9 Å². The molecule has 1 aromatic carbocycles. The zero-order valence-electron chi connectivity index (χ0n) is 9.29. The smallest absolute Gasteiger partial charge is 0.409 e. The van der Waals surface area contributed by atoms with E-state index >= 15 is 0 Å². The van der Waals surface area contributed by atoms with E-state index in [1.165, 1.54) is 6.07 Å². The fourth-order valence-corrected chi connectivity index (χ4v) is 1.74. The van der Waals surface area contributed by atoms with Crippen LogP contribution in [0.4, 0.5) is 18.9 Å². The molecule has 1 aromatic rings. The van der Waals surface area contributed by atoms with Crippen LogP contribution in [0.25, 0.3) is 0 Å². The second kappa shape index (κ2) is 5.47. The van der Waals surface area contributed by atoms with Crippen molar-refractivity contribution in [2.45, 2.75) is 19.1 Å². The van der Waals surface area contributed by atoms with Crippen molar-refractivity contribution in [3.8, 4) is 0 Å². The molecular weight excluding hydrogens is 315 g/mol. The van der Waals surface area contributed by atoms with E-state index in [1.54, 1.807) is 6.92 Å². The normalized spacial score (nSPS) is 14.4. The van der Waals surface area contributed by atoms with Gasteiger partial charge < -0.3 is 16.3 Å². The van der Waals surface area contributed by atoms with Crippen LogP contribution in [0.5, 0.6) is 0 Å². The molecule has 0 saturated heterocycles. The number of nitrogens with one attached hydrogen (secondary N) is 1. The zero-order valence-corrected chi connectivity index (χ0v) is 10.9. The molecule has 0 aliphatic carbocycles. The topological polar surface area (TPSA) is 70.6 Å². The van der Waals surface area contributed by atoms with Crippen LogP contribution in [0.1, 0.15) is 12.5 Å². The Kier molecular flexibility index (Phi) is 4.44. The van der Waals surface area contributed by atoms with Gasteiger partial charge in [-0.1, -0.05) is 21.1 Å². The van der Waals surface area contributed by atoms with E-state index < -0.39 is 17.8 Å². The highest BCUT2D eigenvalue weighted by molar-refractivity contribution is 9.10.